The van der Waals surface area contributed by atoms with Crippen molar-refractivity contribution in [3.63, 3.8) is 0 Å². The van der Waals surface area contributed by atoms with Gasteiger partial charge in [-0.15, -0.1) is 0 Å². The Hall–Kier alpha value is -2.85. The van der Waals surface area contributed by atoms with Crippen molar-refractivity contribution < 1.29 is 8.98 Å². The fraction of sp³-hybridized carbons (Fsp3) is 0.258. The van der Waals surface area contributed by atoms with Crippen LogP contribution in [-0.4, -0.2) is 13.3 Å². The molecule has 2 heterocycles. The zero-order valence-electron chi connectivity index (χ0n) is 20.8. The van der Waals surface area contributed by atoms with Crippen LogP contribution >= 0.6 is 0 Å². The minimum atomic E-state index is -2.18. The molecule has 1 aliphatic carbocycles. The Morgan fingerprint density at radius 3 is 2.29 bits per heavy atom. The first-order chi connectivity index (χ1) is 16.3. The Kier molecular flexibility index (Phi) is 5.00. The Bertz CT molecular complexity index is 1590. The van der Waals surface area contributed by atoms with E-state index in [1.165, 1.54) is 73.5 Å². The topological polar surface area (TPSA) is 17.0 Å². The molecule has 3 heteroatoms. The average molecular weight is 507 g/mol. The predicted molar refractivity (Wildman–Crippen MR) is 146 cm³/mol. The average Bonchev–Trinajstić information content (AvgIpc) is 3.42. The zero-order chi connectivity index (χ0) is 23.6. The molecule has 0 saturated carbocycles. The Balaban J connectivity index is 1.72. The van der Waals surface area contributed by atoms with Gasteiger partial charge < -0.3 is 0 Å². The number of nitrogens with zero attached hydrogens (tertiary/aromatic N) is 1. The molecule has 0 N–H and O–H groups in total. The van der Waals surface area contributed by atoms with Gasteiger partial charge in [-0.3, -0.25) is 0 Å². The first-order valence-corrected chi connectivity index (χ1v) is 19.7. The van der Waals surface area contributed by atoms with Crippen LogP contribution in [0.25, 0.3) is 44.3 Å². The van der Waals surface area contributed by atoms with Gasteiger partial charge in [0.2, 0.25) is 0 Å². The summed E-state index contributed by atoms with van der Waals surface area (Å²) in [5.41, 5.74) is 11.4. The number of aromatic nitrogens is 1. The molecule has 3 aromatic carbocycles. The molecule has 6 rings (SSSR count). The van der Waals surface area contributed by atoms with Gasteiger partial charge in [0.05, 0.1) is 0 Å². The van der Waals surface area contributed by atoms with Crippen molar-refractivity contribution in [2.45, 2.75) is 43.5 Å². The Morgan fingerprint density at radius 2 is 1.53 bits per heavy atom. The van der Waals surface area contributed by atoms with Gasteiger partial charge in [-0.05, 0) is 0 Å². The van der Waals surface area contributed by atoms with Crippen LogP contribution in [0.4, 0.5) is 0 Å². The Labute approximate surface area is 204 Å². The van der Waals surface area contributed by atoms with E-state index in [2.05, 4.69) is 103 Å². The molecule has 2 aromatic heterocycles. The summed E-state index contributed by atoms with van der Waals surface area (Å²) in [6.45, 7) is 2.19. The van der Waals surface area contributed by atoms with Crippen LogP contribution in [-0.2, 0) is 19.9 Å². The zero-order valence-corrected chi connectivity index (χ0v) is 22.9. The SMILES string of the molecule is Cc1ccc2c(oc3c(-c4ccc5c(c4)CCC5)[c]([Ge]([CH3])([CH3])[CH3])ccc32)c1-c1cccc[n+]1C. The summed E-state index contributed by atoms with van der Waals surface area (Å²) in [7, 11) is 2.11. The van der Waals surface area contributed by atoms with Crippen LogP contribution in [0.1, 0.15) is 23.1 Å². The van der Waals surface area contributed by atoms with Gasteiger partial charge in [-0.2, -0.15) is 0 Å². The van der Waals surface area contributed by atoms with E-state index in [9.17, 15) is 0 Å². The molecule has 0 saturated heterocycles. The maximum absolute atomic E-state index is 6.93. The number of hydrogen-bond acceptors (Lipinski definition) is 1. The first kappa shape index (κ1) is 21.7. The molecular weight excluding hydrogens is 475 g/mol. The molecule has 0 bridgehead atoms. The standard InChI is InChI=1S/C31H32GeNO/c1-20-12-15-24-25-16-17-26(32(2,3)4)29(23-14-13-21-9-8-10-22(21)19-23)31(25)34-30(24)28(20)27-11-6-7-18-33(27)5/h6-7,11-19H,8-10H2,1-5H3/q+1. The summed E-state index contributed by atoms with van der Waals surface area (Å²) in [5, 5.41) is 2.43. The number of furan rings is 1. The molecule has 5 aromatic rings. The molecule has 0 atom stereocenters. The van der Waals surface area contributed by atoms with Crippen LogP contribution in [0, 0.1) is 6.92 Å². The van der Waals surface area contributed by atoms with Gasteiger partial charge in [0.25, 0.3) is 0 Å². The van der Waals surface area contributed by atoms with Gasteiger partial charge in [0.1, 0.15) is 0 Å². The molecule has 2 nitrogen and oxygen atoms in total. The summed E-state index contributed by atoms with van der Waals surface area (Å²) in [6, 6.07) is 22.7. The van der Waals surface area contributed by atoms with Crippen molar-refractivity contribution in [3.05, 3.63) is 83.6 Å². The van der Waals surface area contributed by atoms with Crippen LogP contribution in [0.15, 0.2) is 71.3 Å². The molecule has 1 aliphatic rings. The van der Waals surface area contributed by atoms with Crippen LogP contribution in [0.3, 0.4) is 0 Å². The van der Waals surface area contributed by atoms with E-state index in [-0.39, 0.29) is 0 Å². The third-order valence-electron chi connectivity index (χ3n) is 7.52. The number of aryl methyl sites for hydroxylation is 4. The molecule has 0 spiro atoms. The molecule has 170 valence electrons. The summed E-state index contributed by atoms with van der Waals surface area (Å²) in [4.78, 5) is 0. The van der Waals surface area contributed by atoms with E-state index in [1.54, 1.807) is 0 Å². The molecule has 0 amide bonds. The van der Waals surface area contributed by atoms with Gasteiger partial charge in [0, 0.05) is 0 Å². The van der Waals surface area contributed by atoms with E-state index in [4.69, 9.17) is 4.42 Å². The second-order valence-electron chi connectivity index (χ2n) is 10.9. The maximum atomic E-state index is 6.93. The molecule has 34 heavy (non-hydrogen) atoms. The van der Waals surface area contributed by atoms with E-state index in [0.717, 1.165) is 11.2 Å². The van der Waals surface area contributed by atoms with E-state index in [0.29, 0.717) is 0 Å². The number of fused-ring (bicyclic) bond motifs is 4. The summed E-state index contributed by atoms with van der Waals surface area (Å²) in [5.74, 6) is 7.46. The quantitative estimate of drug-likeness (QED) is 0.188. The monoisotopic (exact) mass is 508 g/mol. The van der Waals surface area contributed by atoms with E-state index >= 15 is 0 Å². The van der Waals surface area contributed by atoms with Crippen LogP contribution in [0.5, 0.6) is 0 Å². The number of benzene rings is 3. The molecule has 0 aliphatic heterocycles. The fourth-order valence-corrected chi connectivity index (χ4v) is 9.08. The number of pyridine rings is 1. The fourth-order valence-electron chi connectivity index (χ4n) is 5.74. The van der Waals surface area contributed by atoms with Crippen LogP contribution in [0.2, 0.25) is 17.3 Å². The van der Waals surface area contributed by atoms with Crippen LogP contribution < -0.4 is 8.96 Å². The van der Waals surface area contributed by atoms with Gasteiger partial charge in [0.15, 0.2) is 0 Å². The van der Waals surface area contributed by atoms with Crippen molar-refractivity contribution in [1.82, 2.24) is 0 Å². The number of rotatable bonds is 3. The van der Waals surface area contributed by atoms with E-state index < -0.39 is 13.3 Å². The minimum absolute atomic E-state index is 0.998. The molecule has 0 unspecified atom stereocenters. The third kappa shape index (κ3) is 3.34. The second-order valence-corrected chi connectivity index (χ2v) is 21.5. The number of hydrogen-bond donors (Lipinski definition) is 0. The second kappa shape index (κ2) is 7.85. The summed E-state index contributed by atoms with van der Waals surface area (Å²) >= 11 is -2.18. The summed E-state index contributed by atoms with van der Waals surface area (Å²) in [6.07, 6.45) is 5.79. The Morgan fingerprint density at radius 1 is 0.794 bits per heavy atom. The van der Waals surface area contributed by atoms with Crippen molar-refractivity contribution in [2.24, 2.45) is 7.05 Å². The van der Waals surface area contributed by atoms with Crippen molar-refractivity contribution >= 4 is 39.6 Å². The van der Waals surface area contributed by atoms with Crippen molar-refractivity contribution in [3.8, 4) is 22.4 Å². The predicted octanol–water partition coefficient (Wildman–Crippen LogP) is 7.09. The van der Waals surface area contributed by atoms with Gasteiger partial charge in [-0.25, -0.2) is 0 Å². The van der Waals surface area contributed by atoms with Crippen molar-refractivity contribution in [1.29, 1.82) is 0 Å². The first-order valence-electron chi connectivity index (χ1n) is 12.4. The molecule has 0 radical (unpaired) electrons. The normalized spacial score (nSPS) is 13.7. The van der Waals surface area contributed by atoms with Gasteiger partial charge in [-0.1, -0.05) is 0 Å². The van der Waals surface area contributed by atoms with E-state index in [1.807, 2.05) is 0 Å². The summed E-state index contributed by atoms with van der Waals surface area (Å²) < 4.78 is 10.6. The molecular formula is C31H32GeNO+. The van der Waals surface area contributed by atoms with Gasteiger partial charge >= 0.3 is 205 Å². The third-order valence-corrected chi connectivity index (χ3v) is 11.8. The molecule has 0 fully saturated rings. The van der Waals surface area contributed by atoms with Crippen molar-refractivity contribution in [2.75, 3.05) is 0 Å².